The van der Waals surface area contributed by atoms with Crippen LogP contribution in [-0.4, -0.2) is 0 Å². The molecule has 9 rings (SSSR count). The van der Waals surface area contributed by atoms with Crippen LogP contribution in [0.25, 0.3) is 11.1 Å². The molecule has 0 bridgehead atoms. The Labute approximate surface area is 340 Å². The Morgan fingerprint density at radius 2 is 0.621 bits per heavy atom. The van der Waals surface area contributed by atoms with E-state index >= 15 is 0 Å². The van der Waals surface area contributed by atoms with Crippen LogP contribution < -0.4 is 32.4 Å². The Balaban J connectivity index is 0.000000163. The van der Waals surface area contributed by atoms with Crippen LogP contribution in [-0.2, 0) is 10.8 Å². The average Bonchev–Trinajstić information content (AvgIpc) is 3.55. The number of nitrogens with two attached hydrogens (primary N) is 4. The van der Waals surface area contributed by atoms with Crippen LogP contribution in [0.15, 0.2) is 194 Å². The van der Waals surface area contributed by atoms with Gasteiger partial charge in [0.1, 0.15) is 23.0 Å². The molecule has 0 spiro atoms. The quantitative estimate of drug-likeness (QED) is 0.114. The molecule has 58 heavy (non-hydrogen) atoms. The van der Waals surface area contributed by atoms with Gasteiger partial charge in [-0.05, 0) is 142 Å². The van der Waals surface area contributed by atoms with Crippen molar-refractivity contribution in [2.75, 3.05) is 22.9 Å². The van der Waals surface area contributed by atoms with Crippen LogP contribution in [0, 0.1) is 0 Å². The molecule has 286 valence electrons. The first-order valence-corrected chi connectivity index (χ1v) is 19.3. The molecule has 0 aliphatic heterocycles. The highest BCUT2D eigenvalue weighted by molar-refractivity contribution is 5.86. The molecule has 0 unspecified atom stereocenters. The number of fused-ring (bicyclic) bond motifs is 3. The molecule has 8 aromatic rings. The molecular formula is C52H46N4O2. The van der Waals surface area contributed by atoms with Crippen molar-refractivity contribution in [3.8, 4) is 34.1 Å². The zero-order chi connectivity index (χ0) is 40.3. The summed E-state index contributed by atoms with van der Waals surface area (Å²) in [6, 6.07) is 65.0. The molecule has 8 aromatic carbocycles. The zero-order valence-corrected chi connectivity index (χ0v) is 32.6. The lowest BCUT2D eigenvalue weighted by atomic mass is 9.67. The number of hydrogen-bond acceptors (Lipinski definition) is 6. The van der Waals surface area contributed by atoms with E-state index in [0.717, 1.165) is 34.4 Å². The minimum absolute atomic E-state index is 0.167. The summed E-state index contributed by atoms with van der Waals surface area (Å²) in [5.74, 6) is 3.10. The van der Waals surface area contributed by atoms with E-state index in [4.69, 9.17) is 32.4 Å². The van der Waals surface area contributed by atoms with Crippen molar-refractivity contribution in [1.29, 1.82) is 0 Å². The number of ether oxygens (including phenoxy) is 2. The summed E-state index contributed by atoms with van der Waals surface area (Å²) in [6.07, 6.45) is 0. The molecule has 0 saturated carbocycles. The Morgan fingerprint density at radius 3 is 0.948 bits per heavy atom. The van der Waals surface area contributed by atoms with Crippen LogP contribution in [0.1, 0.15) is 47.2 Å². The van der Waals surface area contributed by atoms with E-state index in [1.165, 1.54) is 44.5 Å². The van der Waals surface area contributed by atoms with E-state index in [-0.39, 0.29) is 10.8 Å². The van der Waals surface area contributed by atoms with Gasteiger partial charge in [0.2, 0.25) is 0 Å². The normalized spacial score (nSPS) is 12.4. The maximum absolute atomic E-state index is 6.00. The van der Waals surface area contributed by atoms with Gasteiger partial charge < -0.3 is 32.4 Å². The molecular weight excluding hydrogens is 713 g/mol. The summed E-state index contributed by atoms with van der Waals surface area (Å²) in [5.41, 5.74) is 35.8. The molecule has 0 amide bonds. The Hall–Kier alpha value is -7.44. The van der Waals surface area contributed by atoms with Crippen molar-refractivity contribution in [2.24, 2.45) is 0 Å². The SMILES string of the molecule is CC(C)(c1ccc(Oc2ccc(N)cc2)cc1)c1ccc(Oc2ccc(N)cc2)cc1.Nc1ccc(C2(c3ccc(N)cc3)c3ccccc3-c3ccccc32)cc1. The maximum atomic E-state index is 6.00. The van der Waals surface area contributed by atoms with Crippen molar-refractivity contribution in [3.05, 3.63) is 228 Å². The Kier molecular flexibility index (Phi) is 10.1. The molecule has 8 N–H and O–H groups in total. The highest BCUT2D eigenvalue weighted by Gasteiger charge is 2.45. The monoisotopic (exact) mass is 758 g/mol. The van der Waals surface area contributed by atoms with Gasteiger partial charge in [0, 0.05) is 28.2 Å². The summed E-state index contributed by atoms with van der Waals surface area (Å²) < 4.78 is 11.8. The number of nitrogen functional groups attached to an aromatic ring is 4. The molecule has 6 nitrogen and oxygen atoms in total. The van der Waals surface area contributed by atoms with Gasteiger partial charge in [-0.3, -0.25) is 0 Å². The molecule has 0 heterocycles. The Bertz CT molecular complexity index is 2450. The van der Waals surface area contributed by atoms with Gasteiger partial charge in [-0.1, -0.05) is 111 Å². The Morgan fingerprint density at radius 1 is 0.345 bits per heavy atom. The predicted octanol–water partition coefficient (Wildman–Crippen LogP) is 12.0. The molecule has 0 fully saturated rings. The fourth-order valence-electron chi connectivity index (χ4n) is 7.88. The van der Waals surface area contributed by atoms with E-state index < -0.39 is 0 Å². The van der Waals surface area contributed by atoms with Crippen LogP contribution in [0.4, 0.5) is 22.7 Å². The van der Waals surface area contributed by atoms with Crippen molar-refractivity contribution in [2.45, 2.75) is 24.7 Å². The first kappa shape index (κ1) is 37.5. The van der Waals surface area contributed by atoms with Crippen LogP contribution >= 0.6 is 0 Å². The molecule has 0 radical (unpaired) electrons. The van der Waals surface area contributed by atoms with E-state index in [2.05, 4.69) is 111 Å². The molecule has 0 saturated heterocycles. The highest BCUT2D eigenvalue weighted by Crippen LogP contribution is 2.56. The molecule has 0 atom stereocenters. The second-order valence-corrected chi connectivity index (χ2v) is 15.1. The van der Waals surface area contributed by atoms with Crippen molar-refractivity contribution < 1.29 is 9.47 Å². The first-order valence-electron chi connectivity index (χ1n) is 19.3. The van der Waals surface area contributed by atoms with Gasteiger partial charge in [0.05, 0.1) is 5.41 Å². The lowest BCUT2D eigenvalue weighted by Gasteiger charge is -2.34. The van der Waals surface area contributed by atoms with Crippen LogP contribution in [0.2, 0.25) is 0 Å². The van der Waals surface area contributed by atoms with Crippen molar-refractivity contribution in [1.82, 2.24) is 0 Å². The van der Waals surface area contributed by atoms with Crippen LogP contribution in [0.5, 0.6) is 23.0 Å². The minimum atomic E-state index is -0.380. The third-order valence-electron chi connectivity index (χ3n) is 11.0. The largest absolute Gasteiger partial charge is 0.457 e. The second-order valence-electron chi connectivity index (χ2n) is 15.1. The van der Waals surface area contributed by atoms with Gasteiger partial charge >= 0.3 is 0 Å². The van der Waals surface area contributed by atoms with Gasteiger partial charge in [0.25, 0.3) is 0 Å². The number of rotatable bonds is 8. The average molecular weight is 759 g/mol. The summed E-state index contributed by atoms with van der Waals surface area (Å²) >= 11 is 0. The number of anilines is 4. The van der Waals surface area contributed by atoms with Gasteiger partial charge in [-0.15, -0.1) is 0 Å². The van der Waals surface area contributed by atoms with E-state index in [1.807, 2.05) is 97.1 Å². The summed E-state index contributed by atoms with van der Waals surface area (Å²) in [7, 11) is 0. The number of hydrogen-bond donors (Lipinski definition) is 4. The standard InChI is InChI=1S/C27H26N2O2.C25H20N2/c1-27(2,19-3-11-23(12-4-19)30-25-15-7-21(28)8-16-25)20-5-13-24(14-6-20)31-26-17-9-22(29)10-18-26;26-19-13-9-17(10-14-19)25(18-11-15-20(27)16-12-18)23-7-3-1-5-21(23)22-6-2-4-8-24(22)25/h3-18H,28-29H2,1-2H3;1-16H,26-27H2. The summed E-state index contributed by atoms with van der Waals surface area (Å²) in [4.78, 5) is 0. The summed E-state index contributed by atoms with van der Waals surface area (Å²) in [6.45, 7) is 4.41. The molecule has 1 aliphatic carbocycles. The fourth-order valence-corrected chi connectivity index (χ4v) is 7.88. The highest BCUT2D eigenvalue weighted by atomic mass is 16.5. The second kappa shape index (κ2) is 15.6. The van der Waals surface area contributed by atoms with Gasteiger partial charge in [-0.2, -0.15) is 0 Å². The van der Waals surface area contributed by atoms with Gasteiger partial charge in [-0.25, -0.2) is 0 Å². The van der Waals surface area contributed by atoms with Crippen LogP contribution in [0.3, 0.4) is 0 Å². The topological polar surface area (TPSA) is 123 Å². The lowest BCUT2D eigenvalue weighted by Crippen LogP contribution is -2.28. The smallest absolute Gasteiger partial charge is 0.127 e. The molecule has 1 aliphatic rings. The first-order chi connectivity index (χ1) is 28.1. The minimum Gasteiger partial charge on any atom is -0.457 e. The third-order valence-corrected chi connectivity index (χ3v) is 11.0. The van der Waals surface area contributed by atoms with E-state index in [1.54, 1.807) is 0 Å². The lowest BCUT2D eigenvalue weighted by molar-refractivity contribution is 0.481. The van der Waals surface area contributed by atoms with E-state index in [9.17, 15) is 0 Å². The molecule has 6 heteroatoms. The van der Waals surface area contributed by atoms with Crippen molar-refractivity contribution in [3.63, 3.8) is 0 Å². The molecule has 0 aromatic heterocycles. The fraction of sp³-hybridized carbons (Fsp3) is 0.0769. The number of benzene rings is 8. The summed E-state index contributed by atoms with van der Waals surface area (Å²) in [5, 5.41) is 0. The zero-order valence-electron chi connectivity index (χ0n) is 32.6. The predicted molar refractivity (Wildman–Crippen MR) is 239 cm³/mol. The van der Waals surface area contributed by atoms with Gasteiger partial charge in [0.15, 0.2) is 0 Å². The van der Waals surface area contributed by atoms with E-state index in [0.29, 0.717) is 11.4 Å². The van der Waals surface area contributed by atoms with Crippen molar-refractivity contribution >= 4 is 22.7 Å². The third kappa shape index (κ3) is 7.31. The maximum Gasteiger partial charge on any atom is 0.127 e.